The van der Waals surface area contributed by atoms with Crippen LogP contribution in [0, 0.1) is 33.6 Å². The van der Waals surface area contributed by atoms with E-state index in [-0.39, 0.29) is 0 Å². The Morgan fingerprint density at radius 1 is 0.755 bits per heavy atom. The second-order valence-corrected chi connectivity index (χ2v) is 14.1. The van der Waals surface area contributed by atoms with Gasteiger partial charge in [0.1, 0.15) is 17.3 Å². The lowest BCUT2D eigenvalue weighted by Gasteiger charge is -2.16. The smallest absolute Gasteiger partial charge is 0.137 e. The van der Waals surface area contributed by atoms with Crippen LogP contribution in [0.3, 0.4) is 0 Å². The minimum Gasteiger partial charge on any atom is -0.457 e. The Morgan fingerprint density at radius 3 is 2.27 bits per heavy atom. The lowest BCUT2D eigenvalue weighted by Crippen LogP contribution is -2.01. The molecular formula is C44H46N4O. The quantitative estimate of drug-likeness (QED) is 0.157. The van der Waals surface area contributed by atoms with Crippen LogP contribution in [0.2, 0.25) is 0 Å². The molecule has 0 amide bonds. The summed E-state index contributed by atoms with van der Waals surface area (Å²) in [4.78, 5) is 4.85. The number of hydrogen-bond donors (Lipinski definition) is 0. The predicted molar refractivity (Wildman–Crippen MR) is 204 cm³/mol. The average molecular weight is 647 g/mol. The van der Waals surface area contributed by atoms with E-state index in [9.17, 15) is 0 Å². The van der Waals surface area contributed by atoms with Gasteiger partial charge in [-0.25, -0.2) is 9.67 Å². The van der Waals surface area contributed by atoms with E-state index in [0.717, 1.165) is 52.4 Å². The molecule has 7 aromatic rings. The molecule has 0 bridgehead atoms. The molecule has 0 aliphatic rings. The number of hydrogen-bond acceptors (Lipinski definition) is 3. The highest BCUT2D eigenvalue weighted by Gasteiger charge is 2.17. The van der Waals surface area contributed by atoms with E-state index in [1.807, 2.05) is 17.1 Å². The van der Waals surface area contributed by atoms with Crippen LogP contribution in [0.1, 0.15) is 73.4 Å². The molecule has 5 nitrogen and oxygen atoms in total. The van der Waals surface area contributed by atoms with E-state index in [1.165, 1.54) is 49.7 Å². The van der Waals surface area contributed by atoms with E-state index < -0.39 is 0 Å². The normalized spacial score (nSPS) is 12.3. The zero-order chi connectivity index (χ0) is 34.4. The van der Waals surface area contributed by atoms with Crippen LogP contribution in [0.4, 0.5) is 0 Å². The summed E-state index contributed by atoms with van der Waals surface area (Å²) >= 11 is 0. The van der Waals surface area contributed by atoms with Gasteiger partial charge in [-0.15, -0.1) is 0 Å². The Labute approximate surface area is 290 Å². The number of benzene rings is 4. The molecule has 0 aliphatic carbocycles. The highest BCUT2D eigenvalue weighted by molar-refractivity contribution is 6.09. The molecule has 0 spiro atoms. The van der Waals surface area contributed by atoms with Crippen LogP contribution < -0.4 is 4.74 Å². The maximum Gasteiger partial charge on any atom is 0.137 e. The van der Waals surface area contributed by atoms with E-state index >= 15 is 0 Å². The third kappa shape index (κ3) is 6.14. The minimum absolute atomic E-state index is 0.371. The summed E-state index contributed by atoms with van der Waals surface area (Å²) in [5.74, 6) is 3.44. The van der Waals surface area contributed by atoms with Crippen molar-refractivity contribution < 1.29 is 4.74 Å². The summed E-state index contributed by atoms with van der Waals surface area (Å²) in [5, 5.41) is 7.24. The van der Waals surface area contributed by atoms with Crippen molar-refractivity contribution in [1.82, 2.24) is 19.3 Å². The van der Waals surface area contributed by atoms with Crippen molar-refractivity contribution in [2.24, 2.45) is 5.92 Å². The molecule has 49 heavy (non-hydrogen) atoms. The summed E-state index contributed by atoms with van der Waals surface area (Å²) in [6, 6.07) is 28.1. The zero-order valence-corrected chi connectivity index (χ0v) is 30.0. The first kappa shape index (κ1) is 32.4. The fourth-order valence-electron chi connectivity index (χ4n) is 7.14. The van der Waals surface area contributed by atoms with Gasteiger partial charge >= 0.3 is 0 Å². The number of aryl methyl sites for hydroxylation is 2. The molecule has 0 radical (unpaired) electrons. The number of fused-ring (bicyclic) bond motifs is 3. The van der Waals surface area contributed by atoms with Gasteiger partial charge in [-0.1, -0.05) is 52.0 Å². The largest absolute Gasteiger partial charge is 0.457 e. The summed E-state index contributed by atoms with van der Waals surface area (Å²) < 4.78 is 11.0. The number of ether oxygens (including phenoxy) is 1. The summed E-state index contributed by atoms with van der Waals surface area (Å²) in [5.41, 5.74) is 13.3. The lowest BCUT2D eigenvalue weighted by atomic mass is 9.91. The van der Waals surface area contributed by atoms with Gasteiger partial charge in [0, 0.05) is 40.9 Å². The van der Waals surface area contributed by atoms with Crippen LogP contribution in [-0.2, 0) is 6.42 Å². The predicted octanol–water partition coefficient (Wildman–Crippen LogP) is 11.8. The van der Waals surface area contributed by atoms with Crippen molar-refractivity contribution in [3.8, 4) is 34.1 Å². The molecule has 248 valence electrons. The zero-order valence-electron chi connectivity index (χ0n) is 30.0. The van der Waals surface area contributed by atoms with Crippen molar-refractivity contribution >= 4 is 21.8 Å². The monoisotopic (exact) mass is 646 g/mol. The first-order valence-electron chi connectivity index (χ1n) is 17.6. The van der Waals surface area contributed by atoms with Gasteiger partial charge in [0.2, 0.25) is 0 Å². The van der Waals surface area contributed by atoms with Crippen molar-refractivity contribution in [1.29, 1.82) is 0 Å². The maximum absolute atomic E-state index is 6.73. The Kier molecular flexibility index (Phi) is 8.62. The molecule has 1 unspecified atom stereocenters. The molecule has 5 heteroatoms. The van der Waals surface area contributed by atoms with Crippen LogP contribution >= 0.6 is 0 Å². The summed E-state index contributed by atoms with van der Waals surface area (Å²) in [7, 11) is 0. The molecule has 0 N–H and O–H groups in total. The van der Waals surface area contributed by atoms with Crippen molar-refractivity contribution in [3.63, 3.8) is 0 Å². The van der Waals surface area contributed by atoms with Gasteiger partial charge in [0.15, 0.2) is 0 Å². The summed E-state index contributed by atoms with van der Waals surface area (Å²) in [6.45, 7) is 17.8. The van der Waals surface area contributed by atoms with Crippen LogP contribution in [-0.4, -0.2) is 19.3 Å². The standard InChI is InChI=1S/C44H46N4O/c1-9-28(4)34-21-36(47-26-35(25-46-47)44-31(7)29(5)19-30(6)32(44)8)23-38(22-34)49-37-14-15-40-39-12-10-11-13-41(39)48(42(40)24-37)43-20-33(16-17-45-43)18-27(2)3/h10-17,19-28H,9,18H2,1-8H3. The molecule has 4 aromatic carbocycles. The number of rotatable bonds is 9. The molecule has 1 atom stereocenters. The number of nitrogens with zero attached hydrogens (tertiary/aromatic N) is 4. The van der Waals surface area contributed by atoms with E-state index in [1.54, 1.807) is 0 Å². The van der Waals surface area contributed by atoms with Gasteiger partial charge in [-0.05, 0) is 134 Å². The fraction of sp³-hybridized carbons (Fsp3) is 0.273. The van der Waals surface area contributed by atoms with Crippen molar-refractivity contribution in [3.05, 3.63) is 131 Å². The molecule has 0 saturated carbocycles. The van der Waals surface area contributed by atoms with Crippen LogP contribution in [0.15, 0.2) is 97.5 Å². The Morgan fingerprint density at radius 2 is 1.51 bits per heavy atom. The first-order valence-corrected chi connectivity index (χ1v) is 17.6. The van der Waals surface area contributed by atoms with Gasteiger partial charge in [0.25, 0.3) is 0 Å². The Balaban J connectivity index is 1.31. The first-order chi connectivity index (χ1) is 23.6. The second-order valence-electron chi connectivity index (χ2n) is 14.1. The maximum atomic E-state index is 6.73. The van der Waals surface area contributed by atoms with Gasteiger partial charge in [-0.2, -0.15) is 5.10 Å². The molecule has 7 rings (SSSR count). The van der Waals surface area contributed by atoms with Crippen LogP contribution in [0.25, 0.3) is 44.4 Å². The second kappa shape index (κ2) is 13.0. The molecule has 0 fully saturated rings. The highest BCUT2D eigenvalue weighted by Crippen LogP contribution is 2.37. The Bertz CT molecular complexity index is 2300. The topological polar surface area (TPSA) is 44.9 Å². The number of para-hydroxylation sites is 1. The summed E-state index contributed by atoms with van der Waals surface area (Å²) in [6.07, 6.45) is 8.11. The SMILES string of the molecule is CCC(C)c1cc(Oc2ccc3c4ccccc4n(-c4cc(CC(C)C)ccn4)c3c2)cc(-n2cc(-c3c(C)c(C)cc(C)c3C)cn2)c1. The number of aromatic nitrogens is 4. The van der Waals surface area contributed by atoms with Crippen LogP contribution in [0.5, 0.6) is 11.5 Å². The molecule has 3 aromatic heterocycles. The molecule has 0 saturated heterocycles. The van der Waals surface area contributed by atoms with Crippen molar-refractivity contribution in [2.45, 2.75) is 74.1 Å². The van der Waals surface area contributed by atoms with E-state index in [2.05, 4.69) is 145 Å². The Hall–Kier alpha value is -5.16. The fourth-order valence-corrected chi connectivity index (χ4v) is 7.14. The third-order valence-electron chi connectivity index (χ3n) is 10.2. The average Bonchev–Trinajstić information content (AvgIpc) is 3.70. The van der Waals surface area contributed by atoms with Crippen molar-refractivity contribution in [2.75, 3.05) is 0 Å². The molecular weight excluding hydrogens is 601 g/mol. The van der Waals surface area contributed by atoms with Gasteiger partial charge in [0.05, 0.1) is 22.9 Å². The van der Waals surface area contributed by atoms with E-state index in [0.29, 0.717) is 11.8 Å². The molecule has 3 heterocycles. The number of pyridine rings is 1. The minimum atomic E-state index is 0.371. The highest BCUT2D eigenvalue weighted by atomic mass is 16.5. The van der Waals surface area contributed by atoms with Gasteiger partial charge in [-0.3, -0.25) is 4.57 Å². The third-order valence-corrected chi connectivity index (χ3v) is 10.2. The van der Waals surface area contributed by atoms with Gasteiger partial charge < -0.3 is 4.74 Å². The molecule has 0 aliphatic heterocycles. The lowest BCUT2D eigenvalue weighted by molar-refractivity contribution is 0.481. The van der Waals surface area contributed by atoms with E-state index in [4.69, 9.17) is 14.8 Å².